The zero-order chi connectivity index (χ0) is 15.7. The molecule has 22 heavy (non-hydrogen) atoms. The number of carbonyl (C=O) groups excluding carboxylic acids is 1. The number of rotatable bonds is 2. The van der Waals surface area contributed by atoms with E-state index >= 15 is 0 Å². The highest BCUT2D eigenvalue weighted by atomic mass is 79.9. The van der Waals surface area contributed by atoms with Gasteiger partial charge < -0.3 is 14.7 Å². The van der Waals surface area contributed by atoms with Crippen molar-refractivity contribution < 1.29 is 14.6 Å². The third-order valence-corrected chi connectivity index (χ3v) is 5.47. The summed E-state index contributed by atoms with van der Waals surface area (Å²) in [6.07, 6.45) is 3.41. The Bertz CT molecular complexity index is 547. The molecule has 3 atom stereocenters. The molecule has 0 bridgehead atoms. The third kappa shape index (κ3) is 3.15. The first-order chi connectivity index (χ1) is 10.5. The zero-order valence-electron chi connectivity index (χ0n) is 12.8. The largest absolute Gasteiger partial charge is 0.443 e. The van der Waals surface area contributed by atoms with Crippen LogP contribution < -0.4 is 0 Å². The summed E-state index contributed by atoms with van der Waals surface area (Å²) in [5.74, 6) is 0. The Morgan fingerprint density at radius 1 is 1.36 bits per heavy atom. The van der Waals surface area contributed by atoms with Crippen LogP contribution in [0.15, 0.2) is 28.7 Å². The van der Waals surface area contributed by atoms with Crippen molar-refractivity contribution in [3.63, 3.8) is 0 Å². The van der Waals surface area contributed by atoms with Gasteiger partial charge in [-0.25, -0.2) is 4.79 Å². The van der Waals surface area contributed by atoms with Gasteiger partial charge in [-0.3, -0.25) is 0 Å². The number of hydrogen-bond donors (Lipinski definition) is 1. The minimum absolute atomic E-state index is 0.00790. The molecule has 1 saturated heterocycles. The van der Waals surface area contributed by atoms with Crippen molar-refractivity contribution >= 4 is 22.0 Å². The monoisotopic (exact) mass is 367 g/mol. The van der Waals surface area contributed by atoms with Gasteiger partial charge in [0.05, 0.1) is 12.1 Å². The Kier molecular flexibility index (Phi) is 4.46. The number of nitrogens with zero attached hydrogens (tertiary/aromatic N) is 1. The summed E-state index contributed by atoms with van der Waals surface area (Å²) in [6.45, 7) is 2.71. The van der Waals surface area contributed by atoms with Gasteiger partial charge in [-0.2, -0.15) is 0 Å². The lowest BCUT2D eigenvalue weighted by Crippen LogP contribution is -2.52. The predicted octanol–water partition coefficient (Wildman–Crippen LogP) is 4.03. The van der Waals surface area contributed by atoms with Crippen LogP contribution in [0.5, 0.6) is 0 Å². The summed E-state index contributed by atoms with van der Waals surface area (Å²) in [4.78, 5) is 14.3. The van der Waals surface area contributed by atoms with Gasteiger partial charge in [-0.15, -0.1) is 0 Å². The van der Waals surface area contributed by atoms with Crippen molar-refractivity contribution in [2.75, 3.05) is 6.54 Å². The van der Waals surface area contributed by atoms with Crippen LogP contribution in [0.2, 0.25) is 0 Å². The van der Waals surface area contributed by atoms with E-state index in [1.54, 1.807) is 4.90 Å². The van der Waals surface area contributed by atoms with E-state index in [9.17, 15) is 9.90 Å². The van der Waals surface area contributed by atoms with E-state index < -0.39 is 5.60 Å². The van der Waals surface area contributed by atoms with Crippen LogP contribution in [0.4, 0.5) is 4.79 Å². The third-order valence-electron chi connectivity index (χ3n) is 4.94. The predicted molar refractivity (Wildman–Crippen MR) is 87.6 cm³/mol. The first-order valence-electron chi connectivity index (χ1n) is 7.92. The minimum Gasteiger partial charge on any atom is -0.443 e. The lowest BCUT2D eigenvalue weighted by atomic mass is 9.80. The number of aliphatic hydroxyl groups excluding tert-OH is 1. The van der Waals surface area contributed by atoms with Crippen molar-refractivity contribution in [2.24, 2.45) is 0 Å². The van der Waals surface area contributed by atoms with Crippen molar-refractivity contribution in [3.05, 3.63) is 34.3 Å². The minimum atomic E-state index is -0.440. The molecule has 2 unspecified atom stereocenters. The second kappa shape index (κ2) is 6.20. The summed E-state index contributed by atoms with van der Waals surface area (Å²) >= 11 is 3.43. The molecule has 5 heteroatoms. The average molecular weight is 368 g/mol. The van der Waals surface area contributed by atoms with Crippen LogP contribution in [-0.4, -0.2) is 34.3 Å². The first-order valence-corrected chi connectivity index (χ1v) is 8.72. The lowest BCUT2D eigenvalue weighted by molar-refractivity contribution is -0.0990. The van der Waals surface area contributed by atoms with Crippen LogP contribution in [0, 0.1) is 0 Å². The Labute approximate surface area is 139 Å². The molecule has 0 radical (unpaired) electrons. The van der Waals surface area contributed by atoms with Crippen LogP contribution >= 0.6 is 15.9 Å². The molecule has 4 nitrogen and oxygen atoms in total. The van der Waals surface area contributed by atoms with Gasteiger partial charge in [0.1, 0.15) is 5.60 Å². The van der Waals surface area contributed by atoms with Gasteiger partial charge in [0.25, 0.3) is 0 Å². The van der Waals surface area contributed by atoms with Crippen LogP contribution in [-0.2, 0) is 4.74 Å². The summed E-state index contributed by atoms with van der Waals surface area (Å²) in [7, 11) is 0. The molecule has 1 N–H and O–H groups in total. The summed E-state index contributed by atoms with van der Waals surface area (Å²) in [5, 5.41) is 9.88. The fourth-order valence-corrected chi connectivity index (χ4v) is 3.86. The normalized spacial score (nSPS) is 30.2. The van der Waals surface area contributed by atoms with E-state index in [2.05, 4.69) is 15.9 Å². The van der Waals surface area contributed by atoms with E-state index in [-0.39, 0.29) is 18.2 Å². The van der Waals surface area contributed by atoms with Gasteiger partial charge in [-0.1, -0.05) is 28.1 Å². The molecule has 2 fully saturated rings. The number of hydrogen-bond acceptors (Lipinski definition) is 3. The molecule has 1 aromatic carbocycles. The van der Waals surface area contributed by atoms with E-state index in [1.807, 2.05) is 31.2 Å². The topological polar surface area (TPSA) is 49.8 Å². The first kappa shape index (κ1) is 15.8. The number of aliphatic hydroxyl groups is 1. The highest BCUT2D eigenvalue weighted by Crippen LogP contribution is 2.39. The van der Waals surface area contributed by atoms with Crippen LogP contribution in [0.1, 0.15) is 50.6 Å². The molecule has 2 aliphatic rings. The standard InChI is InChI=1S/C17H22BrNO3/c1-12(13-4-6-14(18)7-5-13)19-10-9-17(22-16(19)21)8-2-3-15(20)11-17/h4-7,12,15,20H,2-3,8-11H2,1H3/t12-,15?,17?/m0/s1. The smallest absolute Gasteiger partial charge is 0.410 e. The number of halogens is 1. The fraction of sp³-hybridized carbons (Fsp3) is 0.588. The molecular weight excluding hydrogens is 346 g/mol. The van der Waals surface area contributed by atoms with Crippen LogP contribution in [0.25, 0.3) is 0 Å². The Hall–Kier alpha value is -1.07. The molecular formula is C17H22BrNO3. The molecule has 1 heterocycles. The highest BCUT2D eigenvalue weighted by molar-refractivity contribution is 9.10. The number of ether oxygens (including phenoxy) is 1. The SMILES string of the molecule is C[C@@H](c1ccc(Br)cc1)N1CCC2(CCCC(O)C2)OC1=O. The summed E-state index contributed by atoms with van der Waals surface area (Å²) in [5.41, 5.74) is 0.657. The van der Waals surface area contributed by atoms with E-state index in [1.165, 1.54) is 0 Å². The molecule has 0 aromatic heterocycles. The van der Waals surface area contributed by atoms with Crippen molar-refractivity contribution in [3.8, 4) is 0 Å². The van der Waals surface area contributed by atoms with Crippen molar-refractivity contribution in [1.29, 1.82) is 0 Å². The summed E-state index contributed by atoms with van der Waals surface area (Å²) < 4.78 is 6.81. The van der Waals surface area contributed by atoms with Gasteiger partial charge in [-0.05, 0) is 43.9 Å². The molecule has 1 aromatic rings. The maximum absolute atomic E-state index is 12.5. The lowest BCUT2D eigenvalue weighted by Gasteiger charge is -2.46. The maximum Gasteiger partial charge on any atom is 0.410 e. The second-order valence-electron chi connectivity index (χ2n) is 6.47. The van der Waals surface area contributed by atoms with E-state index in [4.69, 9.17) is 4.74 Å². The molecule has 120 valence electrons. The van der Waals surface area contributed by atoms with Gasteiger partial charge in [0.2, 0.25) is 0 Å². The highest BCUT2D eigenvalue weighted by Gasteiger charge is 2.44. The number of benzene rings is 1. The number of carbonyl (C=O) groups is 1. The van der Waals surface area contributed by atoms with Crippen molar-refractivity contribution in [2.45, 2.75) is 56.8 Å². The van der Waals surface area contributed by atoms with E-state index in [0.29, 0.717) is 13.0 Å². The number of amides is 1. The van der Waals surface area contributed by atoms with Gasteiger partial charge >= 0.3 is 6.09 Å². The van der Waals surface area contributed by atoms with Gasteiger partial charge in [0.15, 0.2) is 0 Å². The van der Waals surface area contributed by atoms with E-state index in [0.717, 1.165) is 35.7 Å². The van der Waals surface area contributed by atoms with Gasteiger partial charge in [0, 0.05) is 23.9 Å². The maximum atomic E-state index is 12.5. The van der Waals surface area contributed by atoms with Crippen LogP contribution in [0.3, 0.4) is 0 Å². The molecule has 3 rings (SSSR count). The molecule has 1 aliphatic heterocycles. The Morgan fingerprint density at radius 3 is 2.73 bits per heavy atom. The fourth-order valence-electron chi connectivity index (χ4n) is 3.60. The average Bonchev–Trinajstić information content (AvgIpc) is 2.47. The van der Waals surface area contributed by atoms with Crippen molar-refractivity contribution in [1.82, 2.24) is 4.90 Å². The Balaban J connectivity index is 1.70. The second-order valence-corrected chi connectivity index (χ2v) is 7.39. The Morgan fingerprint density at radius 2 is 2.09 bits per heavy atom. The molecule has 1 saturated carbocycles. The molecule has 1 aliphatic carbocycles. The zero-order valence-corrected chi connectivity index (χ0v) is 14.4. The quantitative estimate of drug-likeness (QED) is 0.858. The summed E-state index contributed by atoms with van der Waals surface area (Å²) in [6, 6.07) is 8.01. The molecule has 1 amide bonds. The molecule has 1 spiro atoms.